The van der Waals surface area contributed by atoms with Crippen molar-refractivity contribution in [3.63, 3.8) is 0 Å². The van der Waals surface area contributed by atoms with Crippen LogP contribution in [-0.4, -0.2) is 6.54 Å². The molecule has 2 aromatic rings. The van der Waals surface area contributed by atoms with Gasteiger partial charge in [0.15, 0.2) is 0 Å². The molecule has 0 bridgehead atoms. The molecule has 0 aliphatic rings. The number of aryl methyl sites for hydroxylation is 2. The molecule has 0 amide bonds. The molecule has 2 unspecified atom stereocenters. The minimum Gasteiger partial charge on any atom is -0.305 e. The van der Waals surface area contributed by atoms with Gasteiger partial charge in [0.05, 0.1) is 18.0 Å². The molecule has 0 saturated heterocycles. The maximum Gasteiger partial charge on any atom is 0.0666 e. The van der Waals surface area contributed by atoms with Crippen LogP contribution in [0.3, 0.4) is 0 Å². The zero-order chi connectivity index (χ0) is 15.2. The lowest BCUT2D eigenvalue weighted by atomic mass is 9.93. The van der Waals surface area contributed by atoms with Crippen LogP contribution in [0.25, 0.3) is 0 Å². The molecule has 2 atom stereocenters. The summed E-state index contributed by atoms with van der Waals surface area (Å²) in [5.74, 6) is 0.00182. The molecule has 0 saturated carbocycles. The van der Waals surface area contributed by atoms with E-state index in [9.17, 15) is 0 Å². The molecule has 2 rings (SSSR count). The quantitative estimate of drug-likeness (QED) is 0.892. The second-order valence-corrected chi connectivity index (χ2v) is 5.64. The monoisotopic (exact) mass is 278 g/mol. The Morgan fingerprint density at radius 1 is 1.10 bits per heavy atom. The van der Waals surface area contributed by atoms with Crippen molar-refractivity contribution in [2.45, 2.75) is 26.8 Å². The summed E-state index contributed by atoms with van der Waals surface area (Å²) >= 11 is 0. The van der Waals surface area contributed by atoms with E-state index in [2.05, 4.69) is 67.7 Å². The zero-order valence-electron chi connectivity index (χ0n) is 12.9. The van der Waals surface area contributed by atoms with Crippen LogP contribution in [0.4, 0.5) is 0 Å². The molecule has 0 radical (unpaired) electrons. The van der Waals surface area contributed by atoms with Crippen LogP contribution in [0, 0.1) is 31.1 Å². The van der Waals surface area contributed by atoms with Gasteiger partial charge in [0.1, 0.15) is 0 Å². The van der Waals surface area contributed by atoms with E-state index in [0.717, 1.165) is 0 Å². The van der Waals surface area contributed by atoms with E-state index < -0.39 is 0 Å². The van der Waals surface area contributed by atoms with Crippen molar-refractivity contribution in [3.8, 4) is 6.07 Å². The Hall–Kier alpha value is -2.11. The van der Waals surface area contributed by atoms with Gasteiger partial charge in [-0.1, -0.05) is 54.1 Å². The minimum absolute atomic E-state index is 0.00182. The molecule has 0 aliphatic heterocycles. The van der Waals surface area contributed by atoms with Crippen LogP contribution in [0.2, 0.25) is 0 Å². The van der Waals surface area contributed by atoms with Gasteiger partial charge in [0.2, 0.25) is 0 Å². The molecule has 0 heterocycles. The molecule has 2 aromatic carbocycles. The van der Waals surface area contributed by atoms with E-state index in [0.29, 0.717) is 6.54 Å². The molecule has 0 fully saturated rings. The van der Waals surface area contributed by atoms with E-state index >= 15 is 0 Å². The van der Waals surface area contributed by atoms with Crippen molar-refractivity contribution in [3.05, 3.63) is 70.8 Å². The summed E-state index contributed by atoms with van der Waals surface area (Å²) in [6.07, 6.45) is 0. The number of nitrogens with one attached hydrogen (secondary N) is 1. The van der Waals surface area contributed by atoms with Crippen molar-refractivity contribution in [1.29, 1.82) is 5.26 Å². The van der Waals surface area contributed by atoms with Crippen molar-refractivity contribution >= 4 is 0 Å². The van der Waals surface area contributed by atoms with Crippen LogP contribution in [0.5, 0.6) is 0 Å². The first kappa shape index (κ1) is 15.3. The standard InChI is InChI=1S/C19H22N2/c1-14-9-10-18(16(3)11-14)19(21-13-15(2)12-20)17-7-5-4-6-8-17/h4-11,15,19,21H,13H2,1-3H3. The molecule has 0 aliphatic carbocycles. The Labute approximate surface area is 127 Å². The van der Waals surface area contributed by atoms with Crippen LogP contribution in [0.15, 0.2) is 48.5 Å². The Morgan fingerprint density at radius 3 is 2.43 bits per heavy atom. The van der Waals surface area contributed by atoms with Crippen molar-refractivity contribution in [2.75, 3.05) is 6.54 Å². The SMILES string of the molecule is Cc1ccc(C(NCC(C)C#N)c2ccccc2)c(C)c1. The summed E-state index contributed by atoms with van der Waals surface area (Å²) in [4.78, 5) is 0. The average Bonchev–Trinajstić information content (AvgIpc) is 2.50. The molecule has 1 N–H and O–H groups in total. The van der Waals surface area contributed by atoms with Crippen molar-refractivity contribution in [1.82, 2.24) is 5.32 Å². The highest BCUT2D eigenvalue weighted by Gasteiger charge is 2.16. The fourth-order valence-corrected chi connectivity index (χ4v) is 2.54. The lowest BCUT2D eigenvalue weighted by Gasteiger charge is -2.22. The maximum atomic E-state index is 8.99. The van der Waals surface area contributed by atoms with Gasteiger partial charge in [-0.2, -0.15) is 5.26 Å². The Morgan fingerprint density at radius 2 is 1.81 bits per heavy atom. The third-order valence-corrected chi connectivity index (χ3v) is 3.72. The van der Waals surface area contributed by atoms with Crippen LogP contribution < -0.4 is 5.32 Å². The average molecular weight is 278 g/mol. The fraction of sp³-hybridized carbons (Fsp3) is 0.316. The highest BCUT2D eigenvalue weighted by atomic mass is 14.9. The summed E-state index contributed by atoms with van der Waals surface area (Å²) in [5.41, 5.74) is 5.06. The second-order valence-electron chi connectivity index (χ2n) is 5.64. The van der Waals surface area contributed by atoms with Gasteiger partial charge in [0.25, 0.3) is 0 Å². The largest absolute Gasteiger partial charge is 0.305 e. The maximum absolute atomic E-state index is 8.99. The molecule has 0 spiro atoms. The Bertz CT molecular complexity index is 626. The number of hydrogen-bond donors (Lipinski definition) is 1. The highest BCUT2D eigenvalue weighted by molar-refractivity contribution is 5.38. The summed E-state index contributed by atoms with van der Waals surface area (Å²) in [6.45, 7) is 6.88. The summed E-state index contributed by atoms with van der Waals surface area (Å²) in [7, 11) is 0. The second kappa shape index (κ2) is 7.06. The first-order chi connectivity index (χ1) is 10.1. The van der Waals surface area contributed by atoms with Gasteiger partial charge in [-0.15, -0.1) is 0 Å². The molecular formula is C19H22N2. The molecule has 2 nitrogen and oxygen atoms in total. The number of nitrogens with zero attached hydrogens (tertiary/aromatic N) is 1. The Kier molecular flexibility index (Phi) is 5.14. The predicted octanol–water partition coefficient (Wildman–Crippen LogP) is 4.14. The molecular weight excluding hydrogens is 256 g/mol. The third-order valence-electron chi connectivity index (χ3n) is 3.72. The zero-order valence-corrected chi connectivity index (χ0v) is 12.9. The number of nitriles is 1. The van der Waals surface area contributed by atoms with Gasteiger partial charge >= 0.3 is 0 Å². The van der Waals surface area contributed by atoms with Gasteiger partial charge in [-0.3, -0.25) is 0 Å². The molecule has 2 heteroatoms. The number of benzene rings is 2. The summed E-state index contributed by atoms with van der Waals surface area (Å²) in [5, 5.41) is 12.5. The van der Waals surface area contributed by atoms with E-state index in [4.69, 9.17) is 5.26 Å². The smallest absolute Gasteiger partial charge is 0.0666 e. The van der Waals surface area contributed by atoms with Crippen LogP contribution in [-0.2, 0) is 0 Å². The van der Waals surface area contributed by atoms with Gasteiger partial charge in [-0.25, -0.2) is 0 Å². The lowest BCUT2D eigenvalue weighted by molar-refractivity contribution is 0.547. The normalized spacial score (nSPS) is 13.4. The predicted molar refractivity (Wildman–Crippen MR) is 87.0 cm³/mol. The van der Waals surface area contributed by atoms with Gasteiger partial charge in [-0.05, 0) is 37.5 Å². The third kappa shape index (κ3) is 3.93. The topological polar surface area (TPSA) is 35.8 Å². The molecule has 0 aromatic heterocycles. The first-order valence-electron chi connectivity index (χ1n) is 7.37. The number of rotatable bonds is 5. The van der Waals surface area contributed by atoms with Crippen molar-refractivity contribution in [2.24, 2.45) is 5.92 Å². The van der Waals surface area contributed by atoms with Crippen LogP contribution >= 0.6 is 0 Å². The molecule has 108 valence electrons. The van der Waals surface area contributed by atoms with Crippen molar-refractivity contribution < 1.29 is 0 Å². The summed E-state index contributed by atoms with van der Waals surface area (Å²) < 4.78 is 0. The van der Waals surface area contributed by atoms with E-state index in [1.54, 1.807) is 0 Å². The van der Waals surface area contributed by atoms with E-state index in [1.165, 1.54) is 22.3 Å². The van der Waals surface area contributed by atoms with Crippen LogP contribution in [0.1, 0.15) is 35.2 Å². The highest BCUT2D eigenvalue weighted by Crippen LogP contribution is 2.25. The van der Waals surface area contributed by atoms with Gasteiger partial charge < -0.3 is 5.32 Å². The molecule has 21 heavy (non-hydrogen) atoms. The minimum atomic E-state index is 0.00182. The lowest BCUT2D eigenvalue weighted by Crippen LogP contribution is -2.27. The Balaban J connectivity index is 2.34. The summed E-state index contributed by atoms with van der Waals surface area (Å²) in [6, 6.07) is 19.4. The van der Waals surface area contributed by atoms with E-state index in [1.807, 2.05) is 13.0 Å². The first-order valence-corrected chi connectivity index (χ1v) is 7.37. The van der Waals surface area contributed by atoms with E-state index in [-0.39, 0.29) is 12.0 Å². The number of hydrogen-bond acceptors (Lipinski definition) is 2. The van der Waals surface area contributed by atoms with Gasteiger partial charge in [0, 0.05) is 6.54 Å². The fourth-order valence-electron chi connectivity index (χ4n) is 2.54.